The van der Waals surface area contributed by atoms with Crippen LogP contribution in [-0.4, -0.2) is 38.1 Å². The summed E-state index contributed by atoms with van der Waals surface area (Å²) >= 11 is 12.3. The molecule has 8 nitrogen and oxygen atoms in total. The first-order valence-electron chi connectivity index (χ1n) is 13.0. The third kappa shape index (κ3) is 7.06. The maximum Gasteiger partial charge on any atom is 0.228 e. The van der Waals surface area contributed by atoms with Crippen LogP contribution in [-0.2, 0) is 17.8 Å². The minimum Gasteiger partial charge on any atom is -0.352 e. The molecule has 0 spiro atoms. The second kappa shape index (κ2) is 12.9. The number of nitrogens with one attached hydrogen (secondary N) is 2. The largest absolute Gasteiger partial charge is 0.352 e. The number of aromatic amines is 1. The molecule has 2 N–H and O–H groups in total. The van der Waals surface area contributed by atoms with Crippen molar-refractivity contribution in [2.24, 2.45) is 0 Å². The molecule has 0 aliphatic heterocycles. The molecule has 0 radical (unpaired) electrons. The Labute approximate surface area is 246 Å². The smallest absolute Gasteiger partial charge is 0.228 e. The van der Waals surface area contributed by atoms with Gasteiger partial charge in [0, 0.05) is 29.2 Å². The van der Waals surface area contributed by atoms with Crippen LogP contribution in [0.1, 0.15) is 24.5 Å². The molecule has 2 heterocycles. The SMILES string of the molecule is CCCN(Cc1ccc(F)cc1)c1cc(CC(=O)Nc2ccc(Cl)cc2Cl)cc(-c2ccccc2-c2nn[nH]n2)n1. The number of carbonyl (C=O) groups is 1. The van der Waals surface area contributed by atoms with E-state index in [4.69, 9.17) is 28.2 Å². The zero-order chi connectivity index (χ0) is 28.8. The maximum atomic E-state index is 13.6. The highest BCUT2D eigenvalue weighted by Gasteiger charge is 2.18. The summed E-state index contributed by atoms with van der Waals surface area (Å²) in [5.41, 5.74) is 4.34. The topological polar surface area (TPSA) is 99.7 Å². The normalized spacial score (nSPS) is 10.9. The molecule has 11 heteroatoms. The zero-order valence-electron chi connectivity index (χ0n) is 22.1. The number of halogens is 3. The lowest BCUT2D eigenvalue weighted by molar-refractivity contribution is -0.115. The highest BCUT2D eigenvalue weighted by molar-refractivity contribution is 6.36. The number of nitrogens with zero attached hydrogens (tertiary/aromatic N) is 5. The zero-order valence-corrected chi connectivity index (χ0v) is 23.6. The average Bonchev–Trinajstić information content (AvgIpc) is 3.50. The van der Waals surface area contributed by atoms with Crippen LogP contribution < -0.4 is 10.2 Å². The quantitative estimate of drug-likeness (QED) is 0.182. The van der Waals surface area contributed by atoms with Gasteiger partial charge in [-0.1, -0.05) is 66.5 Å². The molecule has 0 aliphatic carbocycles. The van der Waals surface area contributed by atoms with Gasteiger partial charge in [0.25, 0.3) is 0 Å². The summed E-state index contributed by atoms with van der Waals surface area (Å²) in [5.74, 6) is 0.581. The van der Waals surface area contributed by atoms with Gasteiger partial charge in [-0.05, 0) is 65.2 Å². The molecule has 3 aromatic carbocycles. The van der Waals surface area contributed by atoms with Gasteiger partial charge in [0.05, 0.1) is 22.8 Å². The molecule has 0 saturated carbocycles. The first-order valence-corrected chi connectivity index (χ1v) is 13.7. The number of rotatable bonds is 10. The molecule has 0 fully saturated rings. The van der Waals surface area contributed by atoms with E-state index in [0.717, 1.165) is 28.7 Å². The molecule has 1 amide bonds. The van der Waals surface area contributed by atoms with E-state index in [1.807, 2.05) is 36.4 Å². The van der Waals surface area contributed by atoms with E-state index in [1.54, 1.807) is 30.3 Å². The summed E-state index contributed by atoms with van der Waals surface area (Å²) in [6, 6.07) is 22.7. The third-order valence-electron chi connectivity index (χ3n) is 6.33. The van der Waals surface area contributed by atoms with Gasteiger partial charge in [0.1, 0.15) is 11.6 Å². The number of aromatic nitrogens is 5. The molecule has 5 rings (SSSR count). The van der Waals surface area contributed by atoms with Crippen molar-refractivity contribution in [2.75, 3.05) is 16.8 Å². The summed E-state index contributed by atoms with van der Waals surface area (Å²) in [5, 5.41) is 18.2. The van der Waals surface area contributed by atoms with Crippen molar-refractivity contribution >= 4 is 40.6 Å². The maximum absolute atomic E-state index is 13.6. The molecule has 2 aromatic heterocycles. The van der Waals surface area contributed by atoms with Gasteiger partial charge in [0.15, 0.2) is 0 Å². The van der Waals surface area contributed by atoms with Gasteiger partial charge >= 0.3 is 0 Å². The molecule has 5 aromatic rings. The Morgan fingerprint density at radius 3 is 2.46 bits per heavy atom. The number of tetrazole rings is 1. The van der Waals surface area contributed by atoms with Gasteiger partial charge in [-0.15, -0.1) is 10.2 Å². The summed E-state index contributed by atoms with van der Waals surface area (Å²) in [6.07, 6.45) is 0.930. The Bertz CT molecular complexity index is 1650. The van der Waals surface area contributed by atoms with Crippen LogP contribution in [0.5, 0.6) is 0 Å². The number of anilines is 2. The molecule has 208 valence electrons. The number of amides is 1. The molecular weight excluding hydrogens is 564 g/mol. The lowest BCUT2D eigenvalue weighted by atomic mass is 10.0. The van der Waals surface area contributed by atoms with Crippen LogP contribution in [0.3, 0.4) is 0 Å². The average molecular weight is 590 g/mol. The van der Waals surface area contributed by atoms with E-state index in [-0.39, 0.29) is 18.1 Å². The molecule has 0 saturated heterocycles. The van der Waals surface area contributed by atoms with Crippen molar-refractivity contribution in [3.8, 4) is 22.6 Å². The van der Waals surface area contributed by atoms with Gasteiger partial charge in [-0.2, -0.15) is 5.21 Å². The highest BCUT2D eigenvalue weighted by atomic mass is 35.5. The first-order chi connectivity index (χ1) is 19.9. The number of benzene rings is 3. The van der Waals surface area contributed by atoms with Crippen molar-refractivity contribution in [1.29, 1.82) is 0 Å². The third-order valence-corrected chi connectivity index (χ3v) is 6.88. The van der Waals surface area contributed by atoms with E-state index in [9.17, 15) is 9.18 Å². The summed E-state index contributed by atoms with van der Waals surface area (Å²) in [6.45, 7) is 3.30. The number of hydrogen-bond donors (Lipinski definition) is 2. The molecule has 0 bridgehead atoms. The molecular formula is C30H26Cl2FN7O. The van der Waals surface area contributed by atoms with Crippen LogP contribution in [0, 0.1) is 5.82 Å². The minimum atomic E-state index is -0.289. The molecule has 0 unspecified atom stereocenters. The summed E-state index contributed by atoms with van der Waals surface area (Å²) in [4.78, 5) is 20.3. The Morgan fingerprint density at radius 2 is 1.76 bits per heavy atom. The van der Waals surface area contributed by atoms with Gasteiger partial charge in [-0.25, -0.2) is 9.37 Å². The lowest BCUT2D eigenvalue weighted by Gasteiger charge is -2.25. The van der Waals surface area contributed by atoms with Gasteiger partial charge < -0.3 is 10.2 Å². The first kappa shape index (κ1) is 28.2. The number of pyridine rings is 1. The number of hydrogen-bond acceptors (Lipinski definition) is 6. The molecule has 0 aliphatic rings. The van der Waals surface area contributed by atoms with Crippen LogP contribution in [0.25, 0.3) is 22.6 Å². The molecule has 41 heavy (non-hydrogen) atoms. The van der Waals surface area contributed by atoms with E-state index in [1.165, 1.54) is 12.1 Å². The van der Waals surface area contributed by atoms with Crippen molar-refractivity contribution in [1.82, 2.24) is 25.6 Å². The standard InChI is InChI=1S/C30H26Cl2FN7O/c1-2-13-40(18-19-7-10-22(33)11-8-19)28-15-20(16-29(41)35-26-12-9-21(31)17-25(26)32)14-27(34-28)23-5-3-4-6-24(23)30-36-38-39-37-30/h3-12,14-15,17H,2,13,16,18H2,1H3,(H,35,41)(H,36,37,38,39). The number of carbonyl (C=O) groups excluding carboxylic acids is 1. The predicted octanol–water partition coefficient (Wildman–Crippen LogP) is 6.97. The van der Waals surface area contributed by atoms with Gasteiger partial charge in [-0.3, -0.25) is 4.79 Å². The fraction of sp³-hybridized carbons (Fsp3) is 0.167. The van der Waals surface area contributed by atoms with Gasteiger partial charge in [0.2, 0.25) is 11.7 Å². The van der Waals surface area contributed by atoms with Crippen LogP contribution >= 0.6 is 23.2 Å². The Morgan fingerprint density at radius 1 is 0.976 bits per heavy atom. The fourth-order valence-electron chi connectivity index (χ4n) is 4.48. The van der Waals surface area contributed by atoms with Crippen molar-refractivity contribution in [3.05, 3.63) is 106 Å². The number of H-pyrrole nitrogens is 1. The van der Waals surface area contributed by atoms with E-state index < -0.39 is 0 Å². The van der Waals surface area contributed by atoms with E-state index >= 15 is 0 Å². The Hall–Kier alpha value is -4.34. The monoisotopic (exact) mass is 589 g/mol. The second-order valence-electron chi connectivity index (χ2n) is 9.40. The lowest BCUT2D eigenvalue weighted by Crippen LogP contribution is -2.25. The summed E-state index contributed by atoms with van der Waals surface area (Å²) < 4.78 is 13.6. The highest BCUT2D eigenvalue weighted by Crippen LogP contribution is 2.32. The van der Waals surface area contributed by atoms with E-state index in [0.29, 0.717) is 46.2 Å². The van der Waals surface area contributed by atoms with Crippen LogP contribution in [0.2, 0.25) is 10.0 Å². The summed E-state index contributed by atoms with van der Waals surface area (Å²) in [7, 11) is 0. The predicted molar refractivity (Wildman–Crippen MR) is 159 cm³/mol. The Kier molecular flexibility index (Phi) is 8.86. The van der Waals surface area contributed by atoms with Crippen LogP contribution in [0.4, 0.5) is 15.9 Å². The fourth-order valence-corrected chi connectivity index (χ4v) is 4.93. The van der Waals surface area contributed by atoms with E-state index in [2.05, 4.69) is 37.8 Å². The molecule has 0 atom stereocenters. The van der Waals surface area contributed by atoms with Crippen molar-refractivity contribution in [2.45, 2.75) is 26.3 Å². The van der Waals surface area contributed by atoms with Crippen molar-refractivity contribution in [3.63, 3.8) is 0 Å². The van der Waals surface area contributed by atoms with Crippen LogP contribution in [0.15, 0.2) is 78.9 Å². The minimum absolute atomic E-state index is 0.0718. The second-order valence-corrected chi connectivity index (χ2v) is 10.2. The van der Waals surface area contributed by atoms with Crippen molar-refractivity contribution < 1.29 is 9.18 Å². The Balaban J connectivity index is 1.54.